The zero-order chi connectivity index (χ0) is 14.7. The van der Waals surface area contributed by atoms with Crippen LogP contribution < -0.4 is 0 Å². The van der Waals surface area contributed by atoms with E-state index < -0.39 is 0 Å². The molecule has 0 bridgehead atoms. The Bertz CT molecular complexity index is 551. The van der Waals surface area contributed by atoms with Gasteiger partial charge in [-0.25, -0.2) is 0 Å². The molecular weight excluding hydrogens is 282 g/mol. The number of thioether (sulfide) groups is 1. The highest BCUT2D eigenvalue weighted by molar-refractivity contribution is 8.00. The van der Waals surface area contributed by atoms with Crippen LogP contribution in [-0.2, 0) is 4.79 Å². The Morgan fingerprint density at radius 3 is 2.76 bits per heavy atom. The zero-order valence-corrected chi connectivity index (χ0v) is 12.9. The quantitative estimate of drug-likeness (QED) is 0.838. The second-order valence-corrected chi connectivity index (χ2v) is 6.71. The lowest BCUT2D eigenvalue weighted by atomic mass is 10.0. The van der Waals surface area contributed by atoms with Crippen molar-refractivity contribution in [3.63, 3.8) is 0 Å². The van der Waals surface area contributed by atoms with E-state index in [0.29, 0.717) is 11.8 Å². The fourth-order valence-electron chi connectivity index (χ4n) is 2.76. The minimum atomic E-state index is 0.180. The Morgan fingerprint density at radius 1 is 1.29 bits per heavy atom. The number of allylic oxidation sites excluding steroid dienone is 2. The first-order chi connectivity index (χ1) is 10.3. The summed E-state index contributed by atoms with van der Waals surface area (Å²) in [7, 11) is 0. The fraction of sp³-hybridized carbons (Fsp3) is 0.471. The maximum atomic E-state index is 12.6. The lowest BCUT2D eigenvalue weighted by Crippen LogP contribution is -2.34. The minimum absolute atomic E-state index is 0.180. The van der Waals surface area contributed by atoms with Gasteiger partial charge in [-0.2, -0.15) is 0 Å². The van der Waals surface area contributed by atoms with Crippen LogP contribution in [0.4, 0.5) is 0 Å². The molecule has 21 heavy (non-hydrogen) atoms. The van der Waals surface area contributed by atoms with E-state index in [-0.39, 0.29) is 11.7 Å². The van der Waals surface area contributed by atoms with Crippen LogP contribution >= 0.6 is 11.8 Å². The lowest BCUT2D eigenvalue weighted by molar-refractivity contribution is -0.127. The molecular formula is C17H21NO2S. The van der Waals surface area contributed by atoms with E-state index in [2.05, 4.69) is 6.08 Å². The van der Waals surface area contributed by atoms with Gasteiger partial charge in [0.15, 0.2) is 0 Å². The second kappa shape index (κ2) is 6.56. The summed E-state index contributed by atoms with van der Waals surface area (Å²) >= 11 is 1.42. The number of para-hydroxylation sites is 1. The predicted octanol–water partition coefficient (Wildman–Crippen LogP) is 3.93. The third-order valence-corrected chi connectivity index (χ3v) is 5.02. The van der Waals surface area contributed by atoms with Gasteiger partial charge in [0.2, 0.25) is 5.91 Å². The highest BCUT2D eigenvalue weighted by Crippen LogP contribution is 2.35. The van der Waals surface area contributed by atoms with Gasteiger partial charge in [0, 0.05) is 16.6 Å². The smallest absolute Gasteiger partial charge is 0.237 e. The molecule has 0 aromatic heterocycles. The minimum Gasteiger partial charge on any atom is -0.507 e. The third-order valence-electron chi connectivity index (χ3n) is 3.97. The number of hydrogen-bond acceptors (Lipinski definition) is 3. The molecule has 0 spiro atoms. The number of amides is 1. The zero-order valence-electron chi connectivity index (χ0n) is 12.1. The Morgan fingerprint density at radius 2 is 2.10 bits per heavy atom. The van der Waals surface area contributed by atoms with Gasteiger partial charge in [0.25, 0.3) is 0 Å². The van der Waals surface area contributed by atoms with Gasteiger partial charge in [-0.3, -0.25) is 4.79 Å². The summed E-state index contributed by atoms with van der Waals surface area (Å²) in [6.45, 7) is 0. The summed E-state index contributed by atoms with van der Waals surface area (Å²) in [5, 5.41) is 9.78. The van der Waals surface area contributed by atoms with Crippen molar-refractivity contribution in [2.75, 3.05) is 5.75 Å². The fourth-order valence-corrected chi connectivity index (χ4v) is 3.57. The summed E-state index contributed by atoms with van der Waals surface area (Å²) in [6, 6.07) is 7.62. The maximum absolute atomic E-state index is 12.6. The Balaban J connectivity index is 1.65. The number of carbonyl (C=O) groups excluding carboxylic acids is 1. The van der Waals surface area contributed by atoms with Gasteiger partial charge < -0.3 is 10.0 Å². The highest BCUT2D eigenvalue weighted by atomic mass is 32.2. The first-order valence-electron chi connectivity index (χ1n) is 7.67. The number of phenolic OH excluding ortho intramolecular Hbond substituents is 1. The first-order valence-corrected chi connectivity index (χ1v) is 8.66. The number of aromatic hydroxyl groups is 1. The van der Waals surface area contributed by atoms with Crippen molar-refractivity contribution in [1.82, 2.24) is 4.90 Å². The van der Waals surface area contributed by atoms with Crippen LogP contribution in [0.25, 0.3) is 0 Å². The van der Waals surface area contributed by atoms with Gasteiger partial charge in [-0.15, -0.1) is 11.8 Å². The van der Waals surface area contributed by atoms with E-state index in [4.69, 9.17) is 0 Å². The predicted molar refractivity (Wildman–Crippen MR) is 85.2 cm³/mol. The molecule has 1 N–H and O–H groups in total. The summed E-state index contributed by atoms with van der Waals surface area (Å²) in [5.74, 6) is 0.829. The van der Waals surface area contributed by atoms with Gasteiger partial charge >= 0.3 is 0 Å². The van der Waals surface area contributed by atoms with Crippen LogP contribution in [0.2, 0.25) is 0 Å². The molecule has 0 radical (unpaired) electrons. The van der Waals surface area contributed by atoms with E-state index in [1.165, 1.54) is 30.3 Å². The average molecular weight is 303 g/mol. The molecule has 0 saturated heterocycles. The molecule has 0 unspecified atom stereocenters. The normalized spacial score (nSPS) is 18.2. The van der Waals surface area contributed by atoms with Crippen molar-refractivity contribution < 1.29 is 9.90 Å². The monoisotopic (exact) mass is 303 g/mol. The summed E-state index contributed by atoms with van der Waals surface area (Å²) in [5.41, 5.74) is 1.23. The highest BCUT2D eigenvalue weighted by Gasteiger charge is 2.34. The first kappa shape index (κ1) is 14.5. The Labute approximate surface area is 130 Å². The topological polar surface area (TPSA) is 40.5 Å². The molecule has 0 heterocycles. The molecule has 1 saturated carbocycles. The van der Waals surface area contributed by atoms with Crippen molar-refractivity contribution in [2.24, 2.45) is 0 Å². The SMILES string of the molecule is O=C(CSc1ccccc1O)N(C1=CCCCC1)C1CC1. The van der Waals surface area contributed by atoms with Crippen molar-refractivity contribution in [3.8, 4) is 5.75 Å². The van der Waals surface area contributed by atoms with Crippen molar-refractivity contribution in [3.05, 3.63) is 36.0 Å². The number of phenols is 1. The summed E-state index contributed by atoms with van der Waals surface area (Å²) < 4.78 is 0. The van der Waals surface area contributed by atoms with Gasteiger partial charge in [0.1, 0.15) is 5.75 Å². The molecule has 3 nitrogen and oxygen atoms in total. The molecule has 4 heteroatoms. The lowest BCUT2D eigenvalue weighted by Gasteiger charge is -2.27. The Hall–Kier alpha value is -1.42. The molecule has 1 fully saturated rings. The molecule has 3 rings (SSSR count). The number of rotatable bonds is 5. The average Bonchev–Trinajstić information content (AvgIpc) is 3.32. The van der Waals surface area contributed by atoms with E-state index >= 15 is 0 Å². The van der Waals surface area contributed by atoms with Crippen LogP contribution in [0.1, 0.15) is 38.5 Å². The molecule has 1 aromatic rings. The standard InChI is InChI=1S/C17H21NO2S/c19-15-8-4-5-9-16(15)21-12-17(20)18(14-10-11-14)13-6-2-1-3-7-13/h4-6,8-9,14,19H,1-3,7,10-12H2. The molecule has 1 amide bonds. The summed E-state index contributed by atoms with van der Waals surface area (Å²) in [4.78, 5) is 15.4. The van der Waals surface area contributed by atoms with E-state index in [1.807, 2.05) is 17.0 Å². The van der Waals surface area contributed by atoms with Crippen molar-refractivity contribution >= 4 is 17.7 Å². The second-order valence-electron chi connectivity index (χ2n) is 5.69. The van der Waals surface area contributed by atoms with E-state index in [9.17, 15) is 9.90 Å². The van der Waals surface area contributed by atoms with Crippen molar-refractivity contribution in [2.45, 2.75) is 49.5 Å². The maximum Gasteiger partial charge on any atom is 0.237 e. The van der Waals surface area contributed by atoms with E-state index in [1.54, 1.807) is 12.1 Å². The van der Waals surface area contributed by atoms with Gasteiger partial charge in [-0.1, -0.05) is 18.2 Å². The molecule has 0 atom stereocenters. The van der Waals surface area contributed by atoms with Crippen molar-refractivity contribution in [1.29, 1.82) is 0 Å². The number of benzene rings is 1. The molecule has 112 valence electrons. The Kier molecular flexibility index (Phi) is 4.54. The third kappa shape index (κ3) is 3.62. The number of nitrogens with zero attached hydrogens (tertiary/aromatic N) is 1. The molecule has 0 aliphatic heterocycles. The summed E-state index contributed by atoms with van der Waals surface area (Å²) in [6.07, 6.45) is 9.05. The molecule has 2 aliphatic carbocycles. The number of hydrogen-bond donors (Lipinski definition) is 1. The van der Waals surface area contributed by atoms with Crippen LogP contribution in [0.3, 0.4) is 0 Å². The van der Waals surface area contributed by atoms with Crippen LogP contribution in [-0.4, -0.2) is 27.7 Å². The largest absolute Gasteiger partial charge is 0.507 e. The van der Waals surface area contributed by atoms with Gasteiger partial charge in [0.05, 0.1) is 5.75 Å². The van der Waals surface area contributed by atoms with Crippen LogP contribution in [0.15, 0.2) is 40.9 Å². The molecule has 2 aliphatic rings. The van der Waals surface area contributed by atoms with Crippen LogP contribution in [0, 0.1) is 0 Å². The van der Waals surface area contributed by atoms with Gasteiger partial charge in [-0.05, 0) is 50.7 Å². The van der Waals surface area contributed by atoms with Crippen LogP contribution in [0.5, 0.6) is 5.75 Å². The van der Waals surface area contributed by atoms with E-state index in [0.717, 1.165) is 30.6 Å². The number of carbonyl (C=O) groups is 1. The molecule has 1 aromatic carbocycles.